The number of benzene rings is 5. The topological polar surface area (TPSA) is 131 Å². The van der Waals surface area contributed by atoms with Crippen LogP contribution in [0, 0.1) is 0 Å². The highest BCUT2D eigenvalue weighted by atomic mass is 32.2. The Morgan fingerprint density at radius 3 is 2.16 bits per heavy atom. The van der Waals surface area contributed by atoms with Gasteiger partial charge in [0.25, 0.3) is 0 Å². The van der Waals surface area contributed by atoms with Crippen LogP contribution in [0.2, 0.25) is 0 Å². The number of aromatic carboxylic acids is 1. The van der Waals surface area contributed by atoms with Crippen molar-refractivity contribution in [2.24, 2.45) is 0 Å². The number of aryl methyl sites for hydroxylation is 1. The Balaban J connectivity index is 1.48. The van der Waals surface area contributed by atoms with Gasteiger partial charge < -0.3 is 18.8 Å². The molecule has 0 aliphatic rings. The summed E-state index contributed by atoms with van der Waals surface area (Å²) in [5.74, 6) is -1.78. The van der Waals surface area contributed by atoms with Crippen LogP contribution in [0.25, 0.3) is 33.2 Å². The van der Waals surface area contributed by atoms with Crippen molar-refractivity contribution in [3.05, 3.63) is 138 Å². The van der Waals surface area contributed by atoms with Crippen molar-refractivity contribution in [1.29, 1.82) is 0 Å². The second kappa shape index (κ2) is 11.8. The van der Waals surface area contributed by atoms with Crippen molar-refractivity contribution in [2.45, 2.75) is 18.2 Å². The summed E-state index contributed by atoms with van der Waals surface area (Å²) in [5.41, 5.74) is 3.10. The normalized spacial score (nSPS) is 11.4. The van der Waals surface area contributed by atoms with Crippen LogP contribution in [0.4, 0.5) is 0 Å². The first-order valence-corrected chi connectivity index (χ1v) is 15.4. The molecule has 0 spiro atoms. The molecule has 45 heavy (non-hydrogen) atoms. The zero-order valence-corrected chi connectivity index (χ0v) is 24.7. The third kappa shape index (κ3) is 5.57. The van der Waals surface area contributed by atoms with Gasteiger partial charge in [0, 0.05) is 34.6 Å². The lowest BCUT2D eigenvalue weighted by atomic mass is 9.94. The summed E-state index contributed by atoms with van der Waals surface area (Å²) in [6.45, 7) is 1.92. The quantitative estimate of drug-likeness (QED) is 0.124. The second-order valence-electron chi connectivity index (χ2n) is 10.2. The van der Waals surface area contributed by atoms with Crippen molar-refractivity contribution in [1.82, 2.24) is 0 Å². The van der Waals surface area contributed by atoms with Gasteiger partial charge in [-0.15, -0.1) is 0 Å². The van der Waals surface area contributed by atoms with Crippen LogP contribution in [0.5, 0.6) is 11.5 Å². The number of phenols is 1. The third-order valence-electron chi connectivity index (χ3n) is 7.43. The number of carbonyl (C=O) groups excluding carboxylic acids is 1. The van der Waals surface area contributed by atoms with Gasteiger partial charge in [-0.25, -0.2) is 4.79 Å². The van der Waals surface area contributed by atoms with E-state index in [-0.39, 0.29) is 11.5 Å². The number of carboxylic acid groups (broad SMARTS) is 1. The molecule has 0 atom stereocenters. The number of hydrogen-bond acceptors (Lipinski definition) is 7. The number of hydrogen-bond donors (Lipinski definition) is 2. The van der Waals surface area contributed by atoms with Gasteiger partial charge in [-0.05, 0) is 35.4 Å². The highest BCUT2D eigenvalue weighted by Crippen LogP contribution is 2.41. The van der Waals surface area contributed by atoms with Gasteiger partial charge >= 0.3 is 16.1 Å². The van der Waals surface area contributed by atoms with Crippen molar-refractivity contribution in [3.8, 4) is 33.8 Å². The summed E-state index contributed by atoms with van der Waals surface area (Å²) in [6.07, 6.45) is 0.521. The van der Waals surface area contributed by atoms with E-state index >= 15 is 0 Å². The van der Waals surface area contributed by atoms with E-state index in [1.54, 1.807) is 42.5 Å². The number of rotatable bonds is 9. The Bertz CT molecular complexity index is 2200. The Labute approximate surface area is 258 Å². The van der Waals surface area contributed by atoms with Crippen molar-refractivity contribution >= 4 is 32.8 Å². The van der Waals surface area contributed by atoms with E-state index in [0.29, 0.717) is 56.5 Å². The molecule has 8 nitrogen and oxygen atoms in total. The molecule has 0 aliphatic carbocycles. The highest BCUT2D eigenvalue weighted by molar-refractivity contribution is 7.87. The maximum atomic E-state index is 13.9. The van der Waals surface area contributed by atoms with Gasteiger partial charge in [0.1, 0.15) is 27.6 Å². The van der Waals surface area contributed by atoms with Gasteiger partial charge in [0.15, 0.2) is 11.5 Å². The Kier molecular flexibility index (Phi) is 7.70. The minimum absolute atomic E-state index is 0.00175. The molecular formula is C36H26O8S. The van der Waals surface area contributed by atoms with E-state index in [2.05, 4.69) is 0 Å². The largest absolute Gasteiger partial charge is 0.507 e. The predicted molar refractivity (Wildman–Crippen MR) is 169 cm³/mol. The van der Waals surface area contributed by atoms with E-state index in [1.807, 2.05) is 61.5 Å². The molecule has 5 aromatic carbocycles. The highest BCUT2D eigenvalue weighted by Gasteiger charge is 2.26. The summed E-state index contributed by atoms with van der Waals surface area (Å²) in [6, 6.07) is 31.3. The van der Waals surface area contributed by atoms with Gasteiger partial charge in [-0.1, -0.05) is 91.9 Å². The first-order chi connectivity index (χ1) is 21.7. The van der Waals surface area contributed by atoms with E-state index in [4.69, 9.17) is 8.60 Å². The lowest BCUT2D eigenvalue weighted by Crippen LogP contribution is -2.12. The maximum absolute atomic E-state index is 13.9. The number of carbonyl (C=O) groups is 2. The molecule has 0 aliphatic heterocycles. The molecule has 0 bridgehead atoms. The number of furan rings is 1. The lowest BCUT2D eigenvalue weighted by Gasteiger charge is -2.17. The molecule has 0 radical (unpaired) electrons. The Morgan fingerprint density at radius 1 is 0.778 bits per heavy atom. The molecule has 6 aromatic rings. The van der Waals surface area contributed by atoms with Gasteiger partial charge in [0.05, 0.1) is 5.56 Å². The van der Waals surface area contributed by atoms with Gasteiger partial charge in [-0.3, -0.25) is 4.79 Å². The van der Waals surface area contributed by atoms with Crippen LogP contribution in [-0.4, -0.2) is 30.4 Å². The molecular weight excluding hydrogens is 592 g/mol. The fourth-order valence-corrected chi connectivity index (χ4v) is 6.26. The maximum Gasteiger partial charge on any atom is 0.339 e. The van der Waals surface area contributed by atoms with Gasteiger partial charge in [0.2, 0.25) is 0 Å². The van der Waals surface area contributed by atoms with E-state index < -0.39 is 32.3 Å². The third-order valence-corrected chi connectivity index (χ3v) is 8.65. The summed E-state index contributed by atoms with van der Waals surface area (Å²) in [4.78, 5) is 24.9. The SMILES string of the molecule is CCc1oc2ccccc2c1C(=O)c1cccc(-c2cccc(-c3ccccc3)c2OS(=O)(=O)c2ccc(C(=O)O)c(O)c2)c1. The minimum Gasteiger partial charge on any atom is -0.507 e. The predicted octanol–water partition coefficient (Wildman–Crippen LogP) is 7.73. The Morgan fingerprint density at radius 2 is 1.44 bits per heavy atom. The van der Waals surface area contributed by atoms with Gasteiger partial charge in [-0.2, -0.15) is 8.42 Å². The second-order valence-corrected chi connectivity index (χ2v) is 11.8. The van der Waals surface area contributed by atoms with Crippen LogP contribution in [0.1, 0.15) is 39.0 Å². The smallest absolute Gasteiger partial charge is 0.339 e. The summed E-state index contributed by atoms with van der Waals surface area (Å²) in [5, 5.41) is 20.1. The van der Waals surface area contributed by atoms with Crippen LogP contribution < -0.4 is 4.18 Å². The molecule has 6 rings (SSSR count). The molecule has 1 aromatic heterocycles. The summed E-state index contributed by atoms with van der Waals surface area (Å²) < 4.78 is 38.9. The zero-order valence-electron chi connectivity index (χ0n) is 23.9. The van der Waals surface area contributed by atoms with Crippen molar-refractivity contribution < 1.29 is 36.8 Å². The summed E-state index contributed by atoms with van der Waals surface area (Å²) in [7, 11) is -4.57. The fourth-order valence-electron chi connectivity index (χ4n) is 5.27. The standard InChI is InChI=1S/C36H26O8S/c1-2-31-33(29-14-6-7-17-32(29)43-31)34(38)24-13-8-12-23(20-24)27-16-9-15-26(22-10-4-3-5-11-22)35(27)44-45(41,42)25-18-19-28(36(39)40)30(37)21-25/h3-21,37H,2H2,1H3,(H,39,40). The van der Waals surface area contributed by atoms with Crippen molar-refractivity contribution in [3.63, 3.8) is 0 Å². The van der Waals surface area contributed by atoms with E-state index in [1.165, 1.54) is 0 Å². The number of carboxylic acids is 1. The first kappa shape index (κ1) is 29.4. The molecule has 2 N–H and O–H groups in total. The summed E-state index contributed by atoms with van der Waals surface area (Å²) >= 11 is 0. The number of aromatic hydroxyl groups is 1. The number of fused-ring (bicyclic) bond motifs is 1. The Hall–Kier alpha value is -5.67. The van der Waals surface area contributed by atoms with E-state index in [9.17, 15) is 28.2 Å². The van der Waals surface area contributed by atoms with Crippen molar-refractivity contribution in [2.75, 3.05) is 0 Å². The molecule has 9 heteroatoms. The van der Waals surface area contributed by atoms with E-state index in [0.717, 1.165) is 18.2 Å². The first-order valence-electron chi connectivity index (χ1n) is 14.0. The molecule has 224 valence electrons. The molecule has 0 fully saturated rings. The van der Waals surface area contributed by atoms with Crippen LogP contribution in [-0.2, 0) is 16.5 Å². The average Bonchev–Trinajstić information content (AvgIpc) is 3.43. The molecule has 0 unspecified atom stereocenters. The fraction of sp³-hybridized carbons (Fsp3) is 0.0556. The van der Waals surface area contributed by atoms with Crippen LogP contribution in [0.15, 0.2) is 125 Å². The molecule has 0 amide bonds. The average molecular weight is 619 g/mol. The number of ketones is 1. The lowest BCUT2D eigenvalue weighted by molar-refractivity contribution is 0.0693. The molecule has 0 saturated carbocycles. The van der Waals surface area contributed by atoms with Crippen LogP contribution >= 0.6 is 0 Å². The molecule has 0 saturated heterocycles. The molecule has 1 heterocycles. The zero-order chi connectivity index (χ0) is 31.7. The minimum atomic E-state index is -4.57. The monoisotopic (exact) mass is 618 g/mol. The number of para-hydroxylation sites is 2. The van der Waals surface area contributed by atoms with Crippen LogP contribution in [0.3, 0.4) is 0 Å².